The van der Waals surface area contributed by atoms with Crippen molar-refractivity contribution in [2.24, 2.45) is 0 Å². The summed E-state index contributed by atoms with van der Waals surface area (Å²) in [5.74, 6) is -0.188. The van der Waals surface area contributed by atoms with Crippen LogP contribution in [0.2, 0.25) is 5.02 Å². The molecule has 192 valence electrons. The van der Waals surface area contributed by atoms with Crippen LogP contribution in [0.25, 0.3) is 10.9 Å². The Morgan fingerprint density at radius 1 is 1.11 bits per heavy atom. The first-order chi connectivity index (χ1) is 17.3. The average molecular weight is 534 g/mol. The summed E-state index contributed by atoms with van der Waals surface area (Å²) in [4.78, 5) is 17.2. The Balaban J connectivity index is 1.36. The summed E-state index contributed by atoms with van der Waals surface area (Å²) < 4.78 is 39.1. The minimum Gasteiger partial charge on any atom is -0.390 e. The molecule has 1 aliphatic heterocycles. The summed E-state index contributed by atoms with van der Waals surface area (Å²) in [6.45, 7) is 6.15. The zero-order valence-electron chi connectivity index (χ0n) is 20.0. The Morgan fingerprint density at radius 3 is 2.69 bits per heavy atom. The first kappa shape index (κ1) is 26.2. The van der Waals surface area contributed by atoms with E-state index in [2.05, 4.69) is 42.4 Å². The maximum absolute atomic E-state index is 13.5. The van der Waals surface area contributed by atoms with Gasteiger partial charge in [0.2, 0.25) is 9.84 Å². The van der Waals surface area contributed by atoms with Crippen molar-refractivity contribution >= 4 is 43.8 Å². The van der Waals surface area contributed by atoms with Crippen LogP contribution in [0, 0.1) is 5.82 Å². The van der Waals surface area contributed by atoms with Gasteiger partial charge in [0.05, 0.1) is 22.1 Å². The number of aromatic nitrogens is 3. The van der Waals surface area contributed by atoms with E-state index in [9.17, 15) is 12.8 Å². The third-order valence-corrected chi connectivity index (χ3v) is 7.57. The van der Waals surface area contributed by atoms with E-state index in [4.69, 9.17) is 11.6 Å². The average Bonchev–Trinajstić information content (AvgIpc) is 2.86. The lowest BCUT2D eigenvalue weighted by Gasteiger charge is -2.32. The molecule has 1 aromatic carbocycles. The fourth-order valence-electron chi connectivity index (χ4n) is 3.83. The first-order valence-electron chi connectivity index (χ1n) is 11.7. The summed E-state index contributed by atoms with van der Waals surface area (Å²) in [7, 11) is -1.65. The SMILES string of the molecule is CN1CCN(CCCCN/C=C/S(=O)(=O)c2cc3c(Nc4ccc(F)c(Cl)c4)ncnc3cn2)CC1. The molecule has 0 atom stereocenters. The molecule has 2 aromatic heterocycles. The predicted molar refractivity (Wildman–Crippen MR) is 140 cm³/mol. The van der Waals surface area contributed by atoms with Gasteiger partial charge in [-0.05, 0) is 50.7 Å². The summed E-state index contributed by atoms with van der Waals surface area (Å²) in [6.07, 6.45) is 6.16. The topological polar surface area (TPSA) is 103 Å². The lowest BCUT2D eigenvalue weighted by atomic mass is 10.2. The highest BCUT2D eigenvalue weighted by Crippen LogP contribution is 2.27. The molecule has 0 unspecified atom stereocenters. The fraction of sp³-hybridized carbons (Fsp3) is 0.375. The highest BCUT2D eigenvalue weighted by molar-refractivity contribution is 7.94. The molecule has 3 aromatic rings. The van der Waals surface area contributed by atoms with Crippen LogP contribution < -0.4 is 10.6 Å². The summed E-state index contributed by atoms with van der Waals surface area (Å²) in [6, 6.07) is 5.57. The number of hydrogen-bond donors (Lipinski definition) is 2. The number of anilines is 2. The Bertz CT molecular complexity index is 1330. The fourth-order valence-corrected chi connectivity index (χ4v) is 4.91. The molecule has 0 saturated carbocycles. The van der Waals surface area contributed by atoms with Crippen molar-refractivity contribution in [2.75, 3.05) is 51.6 Å². The van der Waals surface area contributed by atoms with Gasteiger partial charge >= 0.3 is 0 Å². The van der Waals surface area contributed by atoms with Crippen LogP contribution in [0.1, 0.15) is 12.8 Å². The Kier molecular flexibility index (Phi) is 8.68. The largest absolute Gasteiger partial charge is 0.390 e. The lowest BCUT2D eigenvalue weighted by Crippen LogP contribution is -2.44. The lowest BCUT2D eigenvalue weighted by molar-refractivity contribution is 0.152. The number of benzene rings is 1. The molecule has 2 N–H and O–H groups in total. The van der Waals surface area contributed by atoms with Crippen LogP contribution in [-0.4, -0.2) is 79.5 Å². The van der Waals surface area contributed by atoms with E-state index < -0.39 is 15.7 Å². The third kappa shape index (κ3) is 6.88. The predicted octanol–water partition coefficient (Wildman–Crippen LogP) is 3.42. The molecule has 1 fully saturated rings. The molecule has 0 amide bonds. The van der Waals surface area contributed by atoms with E-state index in [1.54, 1.807) is 0 Å². The molecule has 0 spiro atoms. The molecule has 36 heavy (non-hydrogen) atoms. The van der Waals surface area contributed by atoms with Crippen molar-refractivity contribution < 1.29 is 12.8 Å². The van der Waals surface area contributed by atoms with Crippen molar-refractivity contribution in [3.8, 4) is 0 Å². The van der Waals surface area contributed by atoms with Crippen molar-refractivity contribution in [3.05, 3.63) is 59.2 Å². The second-order valence-electron chi connectivity index (χ2n) is 8.67. The van der Waals surface area contributed by atoms with Crippen molar-refractivity contribution in [1.82, 2.24) is 30.1 Å². The van der Waals surface area contributed by atoms with Gasteiger partial charge in [-0.15, -0.1) is 0 Å². The van der Waals surface area contributed by atoms with Crippen molar-refractivity contribution in [3.63, 3.8) is 0 Å². The quantitative estimate of drug-likeness (QED) is 0.379. The van der Waals surface area contributed by atoms with E-state index in [0.717, 1.165) is 51.0 Å². The van der Waals surface area contributed by atoms with Gasteiger partial charge in [-0.25, -0.2) is 27.8 Å². The zero-order valence-corrected chi connectivity index (χ0v) is 21.6. The number of unbranched alkanes of at least 4 members (excludes halogenated alkanes) is 1. The number of rotatable bonds is 10. The van der Waals surface area contributed by atoms with Gasteiger partial charge < -0.3 is 20.4 Å². The minimum atomic E-state index is -3.79. The maximum Gasteiger partial charge on any atom is 0.218 e. The molecular weight excluding hydrogens is 505 g/mol. The summed E-state index contributed by atoms with van der Waals surface area (Å²) >= 11 is 5.86. The molecule has 9 nitrogen and oxygen atoms in total. The molecule has 4 rings (SSSR count). The Morgan fingerprint density at radius 2 is 1.92 bits per heavy atom. The number of likely N-dealkylation sites (N-methyl/N-ethyl adjacent to an activating group) is 1. The van der Waals surface area contributed by atoms with Crippen LogP contribution in [0.15, 0.2) is 53.4 Å². The van der Waals surface area contributed by atoms with Gasteiger partial charge in [-0.1, -0.05) is 11.6 Å². The van der Waals surface area contributed by atoms with Gasteiger partial charge in [-0.3, -0.25) is 0 Å². The molecule has 12 heteroatoms. The van der Waals surface area contributed by atoms with E-state index in [0.29, 0.717) is 29.0 Å². The van der Waals surface area contributed by atoms with E-state index in [1.807, 2.05) is 0 Å². The Labute approximate surface area is 215 Å². The number of piperazine rings is 1. The van der Waals surface area contributed by atoms with Gasteiger partial charge in [0, 0.05) is 50.0 Å². The number of sulfone groups is 1. The van der Waals surface area contributed by atoms with Crippen molar-refractivity contribution in [2.45, 2.75) is 17.9 Å². The molecule has 0 radical (unpaired) electrons. The van der Waals surface area contributed by atoms with Crippen LogP contribution in [0.3, 0.4) is 0 Å². The number of nitrogens with one attached hydrogen (secondary N) is 2. The molecule has 0 bridgehead atoms. The first-order valence-corrected chi connectivity index (χ1v) is 13.6. The van der Waals surface area contributed by atoms with E-state index in [-0.39, 0.29) is 10.0 Å². The maximum atomic E-state index is 13.5. The van der Waals surface area contributed by atoms with E-state index in [1.165, 1.54) is 43.0 Å². The normalized spacial score (nSPS) is 15.5. The van der Waals surface area contributed by atoms with Crippen molar-refractivity contribution in [1.29, 1.82) is 0 Å². The molecule has 1 saturated heterocycles. The van der Waals surface area contributed by atoms with Crippen LogP contribution >= 0.6 is 11.6 Å². The minimum absolute atomic E-state index is 0.0414. The summed E-state index contributed by atoms with van der Waals surface area (Å²) in [5, 5.41) is 7.48. The molecule has 3 heterocycles. The number of pyridine rings is 1. The summed E-state index contributed by atoms with van der Waals surface area (Å²) in [5.41, 5.74) is 0.960. The highest BCUT2D eigenvalue weighted by atomic mass is 35.5. The standard InChI is InChI=1S/C24H29ClFN7O2S/c1-32-9-11-33(12-10-32)8-3-2-6-27-7-13-36(34,35)23-15-19-22(16-28-23)29-17-30-24(19)31-18-4-5-21(26)20(25)14-18/h4-5,7,13-17,27H,2-3,6,8-12H2,1H3,(H,29,30,31)/b13-7+. The number of halogens is 2. The second-order valence-corrected chi connectivity index (χ2v) is 10.9. The highest BCUT2D eigenvalue weighted by Gasteiger charge is 2.16. The van der Waals surface area contributed by atoms with Gasteiger partial charge in [0.1, 0.15) is 18.0 Å². The molecule has 0 aliphatic carbocycles. The molecular formula is C24H29ClFN7O2S. The third-order valence-electron chi connectivity index (χ3n) is 5.98. The second kappa shape index (κ2) is 11.9. The Hall–Kier alpha value is -2.86. The van der Waals surface area contributed by atoms with Gasteiger partial charge in [0.25, 0.3) is 0 Å². The van der Waals surface area contributed by atoms with E-state index >= 15 is 0 Å². The van der Waals surface area contributed by atoms with Gasteiger partial charge in [-0.2, -0.15) is 0 Å². The van der Waals surface area contributed by atoms with Crippen LogP contribution in [-0.2, 0) is 9.84 Å². The number of nitrogens with zero attached hydrogens (tertiary/aromatic N) is 5. The van der Waals surface area contributed by atoms with Gasteiger partial charge in [0.15, 0.2) is 5.03 Å². The smallest absolute Gasteiger partial charge is 0.218 e. The number of fused-ring (bicyclic) bond motifs is 1. The zero-order chi connectivity index (χ0) is 25.5. The van der Waals surface area contributed by atoms with Crippen LogP contribution in [0.5, 0.6) is 0 Å². The monoisotopic (exact) mass is 533 g/mol. The number of hydrogen-bond acceptors (Lipinski definition) is 9. The van der Waals surface area contributed by atoms with Crippen LogP contribution in [0.4, 0.5) is 15.9 Å². The molecule has 1 aliphatic rings.